The molecule has 2 atom stereocenters. The van der Waals surface area contributed by atoms with Crippen LogP contribution in [0.15, 0.2) is 0 Å². The van der Waals surface area contributed by atoms with E-state index in [1.54, 1.807) is 0 Å². The van der Waals surface area contributed by atoms with Gasteiger partial charge >= 0.3 is 0 Å². The van der Waals surface area contributed by atoms with Crippen LogP contribution in [0.2, 0.25) is 0 Å². The quantitative estimate of drug-likeness (QED) is 0.701. The fourth-order valence-electron chi connectivity index (χ4n) is 2.70. The maximum absolute atomic E-state index is 3.56. The van der Waals surface area contributed by atoms with Crippen molar-refractivity contribution >= 4 is 0 Å². The van der Waals surface area contributed by atoms with Crippen molar-refractivity contribution in [3.63, 3.8) is 0 Å². The van der Waals surface area contributed by atoms with Gasteiger partial charge in [0.15, 0.2) is 0 Å². The smallest absolute Gasteiger partial charge is 0.0133 e. The summed E-state index contributed by atoms with van der Waals surface area (Å²) in [4.78, 5) is 2.57. The highest BCUT2D eigenvalue weighted by Gasteiger charge is 2.34. The molecule has 0 saturated heterocycles. The Morgan fingerprint density at radius 3 is 2.38 bits per heavy atom. The number of nitrogens with one attached hydrogen (secondary N) is 1. The highest BCUT2D eigenvalue weighted by Crippen LogP contribution is 2.32. The highest BCUT2D eigenvalue weighted by atomic mass is 15.2. The van der Waals surface area contributed by atoms with Gasteiger partial charge in [-0.1, -0.05) is 27.7 Å². The van der Waals surface area contributed by atoms with Crippen LogP contribution in [0.25, 0.3) is 0 Å². The molecule has 1 aliphatic carbocycles. The Morgan fingerprint density at radius 2 is 1.94 bits per heavy atom. The second-order valence-corrected chi connectivity index (χ2v) is 6.58. The van der Waals surface area contributed by atoms with Gasteiger partial charge in [-0.15, -0.1) is 0 Å². The average Bonchev–Trinajstić information content (AvgIpc) is 2.07. The first-order valence-corrected chi connectivity index (χ1v) is 6.85. The third-order valence-corrected chi connectivity index (χ3v) is 3.50. The Labute approximate surface area is 102 Å². The fraction of sp³-hybridized carbons (Fsp3) is 1.00. The molecule has 0 aromatic carbocycles. The molecule has 0 aromatic heterocycles. The van der Waals surface area contributed by atoms with E-state index >= 15 is 0 Å². The minimum Gasteiger partial charge on any atom is -0.316 e. The third-order valence-electron chi connectivity index (χ3n) is 3.50. The van der Waals surface area contributed by atoms with E-state index in [2.05, 4.69) is 45.0 Å². The van der Waals surface area contributed by atoms with Gasteiger partial charge in [-0.3, -0.25) is 0 Å². The van der Waals surface area contributed by atoms with Crippen LogP contribution in [-0.2, 0) is 0 Å². The first-order valence-electron chi connectivity index (χ1n) is 6.85. The van der Waals surface area contributed by atoms with Crippen LogP contribution in [0.1, 0.15) is 47.0 Å². The van der Waals surface area contributed by atoms with E-state index in [0.29, 0.717) is 5.41 Å². The van der Waals surface area contributed by atoms with Crippen LogP contribution < -0.4 is 5.32 Å². The lowest BCUT2D eigenvalue weighted by atomic mass is 9.77. The van der Waals surface area contributed by atoms with E-state index in [4.69, 9.17) is 0 Å². The lowest BCUT2D eigenvalue weighted by molar-refractivity contribution is 0.0585. The van der Waals surface area contributed by atoms with Crippen LogP contribution >= 0.6 is 0 Å². The standard InChI is InChI=1S/C14H30N2/c1-6-9-15-10-12-7-8-13(12)16(5)11-14(2,3)4/h12-13,15H,6-11H2,1-5H3. The van der Waals surface area contributed by atoms with Gasteiger partial charge in [-0.05, 0) is 50.7 Å². The molecule has 0 aliphatic heterocycles. The van der Waals surface area contributed by atoms with Crippen LogP contribution in [-0.4, -0.2) is 37.6 Å². The van der Waals surface area contributed by atoms with Crippen molar-refractivity contribution < 1.29 is 0 Å². The Balaban J connectivity index is 2.26. The summed E-state index contributed by atoms with van der Waals surface area (Å²) in [6.07, 6.45) is 4.05. The Bertz CT molecular complexity index is 195. The monoisotopic (exact) mass is 226 g/mol. The second kappa shape index (κ2) is 6.02. The number of rotatable bonds is 6. The third kappa shape index (κ3) is 4.42. The molecule has 1 rings (SSSR count). The Hall–Kier alpha value is -0.0800. The largest absolute Gasteiger partial charge is 0.316 e. The molecule has 0 amide bonds. The van der Waals surface area contributed by atoms with Gasteiger partial charge in [0.05, 0.1) is 0 Å². The zero-order chi connectivity index (χ0) is 12.2. The maximum Gasteiger partial charge on any atom is 0.0133 e. The van der Waals surface area contributed by atoms with Crippen molar-refractivity contribution in [2.75, 3.05) is 26.7 Å². The van der Waals surface area contributed by atoms with Crippen molar-refractivity contribution in [2.24, 2.45) is 11.3 Å². The lowest BCUT2D eigenvalue weighted by Crippen LogP contribution is -2.51. The van der Waals surface area contributed by atoms with Crippen LogP contribution in [0.4, 0.5) is 0 Å². The summed E-state index contributed by atoms with van der Waals surface area (Å²) < 4.78 is 0. The molecule has 2 unspecified atom stereocenters. The van der Waals surface area contributed by atoms with Gasteiger partial charge in [0, 0.05) is 12.6 Å². The van der Waals surface area contributed by atoms with Gasteiger partial charge in [0.2, 0.25) is 0 Å². The Kier molecular flexibility index (Phi) is 5.26. The zero-order valence-electron chi connectivity index (χ0n) is 11.8. The summed E-state index contributed by atoms with van der Waals surface area (Å²) in [5.41, 5.74) is 0.422. The predicted molar refractivity (Wildman–Crippen MR) is 71.8 cm³/mol. The molecule has 0 radical (unpaired) electrons. The number of hydrogen-bond donors (Lipinski definition) is 1. The van der Waals surface area contributed by atoms with Crippen LogP contribution in [0, 0.1) is 11.3 Å². The van der Waals surface area contributed by atoms with E-state index < -0.39 is 0 Å². The second-order valence-electron chi connectivity index (χ2n) is 6.58. The molecule has 0 bridgehead atoms. The summed E-state index contributed by atoms with van der Waals surface area (Å²) in [5.74, 6) is 0.888. The molecule has 96 valence electrons. The maximum atomic E-state index is 3.56. The van der Waals surface area contributed by atoms with E-state index in [1.165, 1.54) is 38.9 Å². The minimum absolute atomic E-state index is 0.422. The lowest BCUT2D eigenvalue weighted by Gasteiger charge is -2.45. The first kappa shape index (κ1) is 14.0. The summed E-state index contributed by atoms with van der Waals surface area (Å²) in [7, 11) is 2.29. The van der Waals surface area contributed by atoms with Gasteiger partial charge in [-0.2, -0.15) is 0 Å². The Morgan fingerprint density at radius 1 is 1.25 bits per heavy atom. The van der Waals surface area contributed by atoms with Crippen molar-refractivity contribution in [3.05, 3.63) is 0 Å². The van der Waals surface area contributed by atoms with Gasteiger partial charge in [0.1, 0.15) is 0 Å². The molecule has 16 heavy (non-hydrogen) atoms. The van der Waals surface area contributed by atoms with Gasteiger partial charge in [0.25, 0.3) is 0 Å². The molecular formula is C14H30N2. The van der Waals surface area contributed by atoms with Crippen LogP contribution in [0.3, 0.4) is 0 Å². The van der Waals surface area contributed by atoms with Gasteiger partial charge < -0.3 is 10.2 Å². The van der Waals surface area contributed by atoms with E-state index in [9.17, 15) is 0 Å². The number of nitrogens with zero attached hydrogens (tertiary/aromatic N) is 1. The van der Waals surface area contributed by atoms with Crippen LogP contribution in [0.5, 0.6) is 0 Å². The van der Waals surface area contributed by atoms with Crippen molar-refractivity contribution in [3.8, 4) is 0 Å². The number of hydrogen-bond acceptors (Lipinski definition) is 2. The SMILES string of the molecule is CCCNCC1CCC1N(C)CC(C)(C)C. The van der Waals surface area contributed by atoms with Crippen molar-refractivity contribution in [2.45, 2.75) is 53.0 Å². The van der Waals surface area contributed by atoms with E-state index in [1.807, 2.05) is 0 Å². The summed E-state index contributed by atoms with van der Waals surface area (Å²) >= 11 is 0. The minimum atomic E-state index is 0.422. The van der Waals surface area contributed by atoms with Gasteiger partial charge in [-0.25, -0.2) is 0 Å². The molecule has 1 saturated carbocycles. The topological polar surface area (TPSA) is 15.3 Å². The molecule has 1 aliphatic rings. The van der Waals surface area contributed by atoms with Crippen molar-refractivity contribution in [1.82, 2.24) is 10.2 Å². The molecule has 1 N–H and O–H groups in total. The zero-order valence-corrected chi connectivity index (χ0v) is 11.8. The molecule has 0 heterocycles. The normalized spacial score (nSPS) is 25.9. The summed E-state index contributed by atoms with van der Waals surface area (Å²) in [5, 5.41) is 3.56. The molecule has 1 fully saturated rings. The van der Waals surface area contributed by atoms with E-state index in [-0.39, 0.29) is 0 Å². The first-order chi connectivity index (χ1) is 7.44. The van der Waals surface area contributed by atoms with Crippen molar-refractivity contribution in [1.29, 1.82) is 0 Å². The molecule has 2 nitrogen and oxygen atoms in total. The molecule has 0 aromatic rings. The molecule has 0 spiro atoms. The molecular weight excluding hydrogens is 196 g/mol. The van der Waals surface area contributed by atoms with E-state index in [0.717, 1.165) is 12.0 Å². The fourth-order valence-corrected chi connectivity index (χ4v) is 2.70. The molecule has 2 heteroatoms. The summed E-state index contributed by atoms with van der Waals surface area (Å²) in [6, 6.07) is 0.823. The highest BCUT2D eigenvalue weighted by molar-refractivity contribution is 4.90. The summed E-state index contributed by atoms with van der Waals surface area (Å²) in [6.45, 7) is 12.8. The average molecular weight is 226 g/mol. The predicted octanol–water partition coefficient (Wildman–Crippen LogP) is 2.74.